The molecule has 0 spiro atoms. The minimum absolute atomic E-state index is 0.0841. The van der Waals surface area contributed by atoms with Crippen LogP contribution < -0.4 is 5.32 Å². The highest BCUT2D eigenvalue weighted by Crippen LogP contribution is 2.28. The van der Waals surface area contributed by atoms with E-state index in [4.69, 9.17) is 16.0 Å². The molecule has 6 heteroatoms. The van der Waals surface area contributed by atoms with Crippen molar-refractivity contribution in [2.24, 2.45) is 0 Å². The molecular weight excluding hydrogens is 404 g/mol. The normalized spacial score (nSPS) is 10.7. The van der Waals surface area contributed by atoms with Gasteiger partial charge in [0, 0.05) is 28.6 Å². The Kier molecular flexibility index (Phi) is 5.56. The molecule has 1 amide bonds. The highest BCUT2D eigenvalue weighted by Gasteiger charge is 2.11. The van der Waals surface area contributed by atoms with Gasteiger partial charge in [0.25, 0.3) is 0 Å². The smallest absolute Gasteiger partial charge is 0.224 e. The first-order valence-electron chi connectivity index (χ1n) is 7.78. The van der Waals surface area contributed by atoms with Gasteiger partial charge in [-0.1, -0.05) is 39.7 Å². The van der Waals surface area contributed by atoms with Gasteiger partial charge in [-0.25, -0.2) is 4.98 Å². The molecule has 1 aromatic heterocycles. The van der Waals surface area contributed by atoms with Gasteiger partial charge in [-0.2, -0.15) is 0 Å². The van der Waals surface area contributed by atoms with E-state index in [1.807, 2.05) is 43.3 Å². The van der Waals surface area contributed by atoms with Gasteiger partial charge in [-0.3, -0.25) is 4.79 Å². The predicted octanol–water partition coefficient (Wildman–Crippen LogP) is 5.64. The van der Waals surface area contributed by atoms with Crippen LogP contribution in [0.4, 0.5) is 5.69 Å². The van der Waals surface area contributed by atoms with Crippen molar-refractivity contribution < 1.29 is 9.21 Å². The first-order valence-corrected chi connectivity index (χ1v) is 8.95. The van der Waals surface area contributed by atoms with Crippen molar-refractivity contribution in [3.8, 4) is 11.3 Å². The maximum atomic E-state index is 12.1. The molecule has 1 N–H and O–H groups in total. The number of carbonyl (C=O) groups is 1. The molecule has 0 aliphatic carbocycles. The third-order valence-corrected chi connectivity index (χ3v) is 4.92. The van der Waals surface area contributed by atoms with Gasteiger partial charge in [0.1, 0.15) is 0 Å². The second kappa shape index (κ2) is 7.85. The summed E-state index contributed by atoms with van der Waals surface area (Å²) in [6.07, 6.45) is 2.34. The van der Waals surface area contributed by atoms with Gasteiger partial charge < -0.3 is 9.73 Å². The first-order chi connectivity index (χ1) is 12.0. The van der Waals surface area contributed by atoms with E-state index < -0.39 is 0 Å². The summed E-state index contributed by atoms with van der Waals surface area (Å²) in [6, 6.07) is 13.1. The molecule has 128 valence electrons. The molecule has 3 rings (SSSR count). The SMILES string of the molecule is Cc1cc(NC(=O)CCc2ncc(-c3ccccc3Cl)o2)ccc1Br. The standard InChI is InChI=1S/C19H16BrClN2O2/c1-12-10-13(6-7-15(12)20)23-18(24)8-9-19-22-11-17(25-19)14-4-2-3-5-16(14)21/h2-7,10-11H,8-9H2,1H3,(H,23,24). The van der Waals surface area contributed by atoms with Crippen LogP contribution in [0.3, 0.4) is 0 Å². The Labute approximate surface area is 159 Å². The number of oxazole rings is 1. The van der Waals surface area contributed by atoms with Gasteiger partial charge in [0.05, 0.1) is 11.2 Å². The monoisotopic (exact) mass is 418 g/mol. The molecule has 0 radical (unpaired) electrons. The summed E-state index contributed by atoms with van der Waals surface area (Å²) in [6.45, 7) is 1.97. The van der Waals surface area contributed by atoms with Crippen LogP contribution in [0.2, 0.25) is 5.02 Å². The lowest BCUT2D eigenvalue weighted by atomic mass is 10.2. The molecule has 3 aromatic rings. The fraction of sp³-hybridized carbons (Fsp3) is 0.158. The zero-order chi connectivity index (χ0) is 17.8. The van der Waals surface area contributed by atoms with Crippen LogP contribution in [0, 0.1) is 6.92 Å². The molecule has 0 bridgehead atoms. The average Bonchev–Trinajstić information content (AvgIpc) is 3.05. The van der Waals surface area contributed by atoms with Crippen molar-refractivity contribution in [1.29, 1.82) is 0 Å². The number of rotatable bonds is 5. The van der Waals surface area contributed by atoms with Crippen molar-refractivity contribution in [2.45, 2.75) is 19.8 Å². The van der Waals surface area contributed by atoms with Crippen LogP contribution in [-0.2, 0) is 11.2 Å². The molecule has 0 aliphatic heterocycles. The van der Waals surface area contributed by atoms with Crippen LogP contribution in [-0.4, -0.2) is 10.9 Å². The van der Waals surface area contributed by atoms with Crippen LogP contribution in [0.25, 0.3) is 11.3 Å². The zero-order valence-electron chi connectivity index (χ0n) is 13.6. The van der Waals surface area contributed by atoms with E-state index in [0.29, 0.717) is 23.1 Å². The van der Waals surface area contributed by atoms with E-state index in [1.54, 1.807) is 12.3 Å². The molecule has 25 heavy (non-hydrogen) atoms. The number of amides is 1. The Morgan fingerprint density at radius 2 is 2.08 bits per heavy atom. The number of anilines is 1. The number of hydrogen-bond acceptors (Lipinski definition) is 3. The minimum Gasteiger partial charge on any atom is -0.441 e. The Morgan fingerprint density at radius 1 is 1.28 bits per heavy atom. The molecule has 4 nitrogen and oxygen atoms in total. The minimum atomic E-state index is -0.0841. The fourth-order valence-electron chi connectivity index (χ4n) is 2.38. The van der Waals surface area contributed by atoms with E-state index in [9.17, 15) is 4.79 Å². The Bertz CT molecular complexity index is 908. The summed E-state index contributed by atoms with van der Waals surface area (Å²) in [4.78, 5) is 16.3. The molecule has 0 fully saturated rings. The van der Waals surface area contributed by atoms with E-state index in [0.717, 1.165) is 21.3 Å². The third-order valence-electron chi connectivity index (χ3n) is 3.70. The number of halogens is 2. The summed E-state index contributed by atoms with van der Waals surface area (Å²) in [7, 11) is 0. The molecule has 0 saturated heterocycles. The van der Waals surface area contributed by atoms with Crippen LogP contribution in [0.15, 0.2) is 57.6 Å². The van der Waals surface area contributed by atoms with Gasteiger partial charge in [0.15, 0.2) is 11.7 Å². The third kappa shape index (κ3) is 4.50. The molecule has 0 aliphatic rings. The molecule has 0 atom stereocenters. The summed E-state index contributed by atoms with van der Waals surface area (Å²) in [5.41, 5.74) is 2.63. The second-order valence-corrected chi connectivity index (χ2v) is 6.87. The largest absolute Gasteiger partial charge is 0.441 e. The summed E-state index contributed by atoms with van der Waals surface area (Å²) < 4.78 is 6.72. The van der Waals surface area contributed by atoms with Gasteiger partial charge >= 0.3 is 0 Å². The van der Waals surface area contributed by atoms with E-state index >= 15 is 0 Å². The quantitative estimate of drug-likeness (QED) is 0.582. The predicted molar refractivity (Wildman–Crippen MR) is 103 cm³/mol. The molecule has 0 saturated carbocycles. The summed E-state index contributed by atoms with van der Waals surface area (Å²) in [5, 5.41) is 3.48. The maximum Gasteiger partial charge on any atom is 0.224 e. The number of nitrogens with one attached hydrogen (secondary N) is 1. The lowest BCUT2D eigenvalue weighted by Crippen LogP contribution is -2.12. The summed E-state index contributed by atoms with van der Waals surface area (Å²) in [5.74, 6) is 1.03. The number of aromatic nitrogens is 1. The lowest BCUT2D eigenvalue weighted by molar-refractivity contribution is -0.116. The number of benzene rings is 2. The van der Waals surface area contributed by atoms with Crippen molar-refractivity contribution in [3.63, 3.8) is 0 Å². The van der Waals surface area contributed by atoms with Crippen molar-refractivity contribution in [3.05, 3.63) is 69.6 Å². The molecule has 1 heterocycles. The van der Waals surface area contributed by atoms with Crippen molar-refractivity contribution >= 4 is 39.1 Å². The van der Waals surface area contributed by atoms with E-state index in [1.165, 1.54) is 0 Å². The summed E-state index contributed by atoms with van der Waals surface area (Å²) >= 11 is 9.60. The molecular formula is C19H16BrClN2O2. The topological polar surface area (TPSA) is 55.1 Å². The average molecular weight is 420 g/mol. The van der Waals surface area contributed by atoms with Gasteiger partial charge in [0.2, 0.25) is 5.91 Å². The van der Waals surface area contributed by atoms with Crippen LogP contribution >= 0.6 is 27.5 Å². The fourth-order valence-corrected chi connectivity index (χ4v) is 2.85. The number of nitrogens with zero attached hydrogens (tertiary/aromatic N) is 1. The maximum absolute atomic E-state index is 12.1. The highest BCUT2D eigenvalue weighted by atomic mass is 79.9. The lowest BCUT2D eigenvalue weighted by Gasteiger charge is -2.06. The van der Waals surface area contributed by atoms with Gasteiger partial charge in [-0.05, 0) is 42.8 Å². The molecule has 0 unspecified atom stereocenters. The van der Waals surface area contributed by atoms with E-state index in [-0.39, 0.29) is 12.3 Å². The number of aryl methyl sites for hydroxylation is 2. The van der Waals surface area contributed by atoms with E-state index in [2.05, 4.69) is 26.2 Å². The van der Waals surface area contributed by atoms with Crippen molar-refractivity contribution in [2.75, 3.05) is 5.32 Å². The Morgan fingerprint density at radius 3 is 2.84 bits per heavy atom. The van der Waals surface area contributed by atoms with Crippen molar-refractivity contribution in [1.82, 2.24) is 4.98 Å². The van der Waals surface area contributed by atoms with Crippen LogP contribution in [0.5, 0.6) is 0 Å². The Balaban J connectivity index is 1.59. The Hall–Kier alpha value is -2.11. The number of carbonyl (C=O) groups excluding carboxylic acids is 1. The molecule has 2 aromatic carbocycles. The first kappa shape index (κ1) is 17.7. The second-order valence-electron chi connectivity index (χ2n) is 5.61. The van der Waals surface area contributed by atoms with Gasteiger partial charge in [-0.15, -0.1) is 0 Å². The highest BCUT2D eigenvalue weighted by molar-refractivity contribution is 9.10. The van der Waals surface area contributed by atoms with Crippen LogP contribution in [0.1, 0.15) is 17.9 Å². The zero-order valence-corrected chi connectivity index (χ0v) is 15.9. The number of hydrogen-bond donors (Lipinski definition) is 1.